The van der Waals surface area contributed by atoms with Crippen LogP contribution in [0.2, 0.25) is 0 Å². The average molecular weight is 217 g/mol. The highest BCUT2D eigenvalue weighted by atomic mass is 35.5. The van der Waals surface area contributed by atoms with Gasteiger partial charge in [-0.2, -0.15) is 17.6 Å². The molecule has 0 rings (SSSR count). The van der Waals surface area contributed by atoms with Gasteiger partial charge in [-0.05, 0) is 18.5 Å². The lowest BCUT2D eigenvalue weighted by molar-refractivity contribution is -0.203. The van der Waals surface area contributed by atoms with Crippen LogP contribution < -0.4 is 0 Å². The largest absolute Gasteiger partial charge is 0.388 e. The van der Waals surface area contributed by atoms with Gasteiger partial charge >= 0.3 is 11.3 Å². The quantitative estimate of drug-likeness (QED) is 0.491. The second-order valence-corrected chi connectivity index (χ2v) is 3.15. The molecule has 0 aliphatic carbocycles. The van der Waals surface area contributed by atoms with Crippen LogP contribution in [0.3, 0.4) is 0 Å². The molecule has 0 nitrogen and oxygen atoms in total. The lowest BCUT2D eigenvalue weighted by Gasteiger charge is -2.27. The summed E-state index contributed by atoms with van der Waals surface area (Å²) in [6, 6.07) is 0. The van der Waals surface area contributed by atoms with E-state index in [1.165, 1.54) is 0 Å². The number of hydrogen-bond acceptors (Lipinski definition) is 0. The number of rotatable bonds is 2. The van der Waals surface area contributed by atoms with Gasteiger partial charge in [0.2, 0.25) is 0 Å². The second kappa shape index (κ2) is 2.62. The van der Waals surface area contributed by atoms with Gasteiger partial charge in [0.15, 0.2) is 0 Å². The molecule has 0 aliphatic rings. The SMILES string of the molecule is CC(F)(Cl)C(F)(F)C(F)(F)Cl. The fourth-order valence-corrected chi connectivity index (χ4v) is 0.593. The molecule has 1 atom stereocenters. The van der Waals surface area contributed by atoms with Crippen molar-refractivity contribution in [1.82, 2.24) is 0 Å². The second-order valence-electron chi connectivity index (χ2n) is 1.96. The van der Waals surface area contributed by atoms with Crippen molar-refractivity contribution in [3.05, 3.63) is 0 Å². The third-order valence-electron chi connectivity index (χ3n) is 0.907. The Morgan fingerprint density at radius 3 is 1.18 bits per heavy atom. The van der Waals surface area contributed by atoms with Crippen molar-refractivity contribution in [1.29, 1.82) is 0 Å². The van der Waals surface area contributed by atoms with Crippen LogP contribution in [0, 0.1) is 0 Å². The van der Waals surface area contributed by atoms with Gasteiger partial charge < -0.3 is 0 Å². The van der Waals surface area contributed by atoms with Gasteiger partial charge in [0.25, 0.3) is 5.13 Å². The molecule has 0 aromatic heterocycles. The van der Waals surface area contributed by atoms with E-state index in [-0.39, 0.29) is 6.92 Å². The molecule has 0 bridgehead atoms. The highest BCUT2D eigenvalue weighted by Gasteiger charge is 2.67. The summed E-state index contributed by atoms with van der Waals surface area (Å²) >= 11 is 8.23. The molecular weight excluding hydrogens is 214 g/mol. The third kappa shape index (κ3) is 2.08. The van der Waals surface area contributed by atoms with E-state index in [0.717, 1.165) is 0 Å². The van der Waals surface area contributed by atoms with Crippen molar-refractivity contribution in [3.8, 4) is 0 Å². The topological polar surface area (TPSA) is 0 Å². The third-order valence-corrected chi connectivity index (χ3v) is 1.38. The smallest absolute Gasteiger partial charge is 0.220 e. The average Bonchev–Trinajstić information content (AvgIpc) is 1.58. The maximum absolute atomic E-state index is 12.1. The summed E-state index contributed by atoms with van der Waals surface area (Å²) in [6.45, 7) is 0.102. The van der Waals surface area contributed by atoms with E-state index in [0.29, 0.717) is 0 Å². The first-order valence-electron chi connectivity index (χ1n) is 2.32. The minimum atomic E-state index is -5.09. The van der Waals surface area contributed by atoms with Crippen molar-refractivity contribution in [3.63, 3.8) is 0 Å². The van der Waals surface area contributed by atoms with Crippen LogP contribution in [0.25, 0.3) is 0 Å². The van der Waals surface area contributed by atoms with Gasteiger partial charge in [0, 0.05) is 0 Å². The van der Waals surface area contributed by atoms with E-state index >= 15 is 0 Å². The predicted molar refractivity (Wildman–Crippen MR) is 31.1 cm³/mol. The highest BCUT2D eigenvalue weighted by Crippen LogP contribution is 2.48. The summed E-state index contributed by atoms with van der Waals surface area (Å²) in [5, 5.41) is -8.85. The van der Waals surface area contributed by atoms with E-state index in [2.05, 4.69) is 23.2 Å². The zero-order valence-electron chi connectivity index (χ0n) is 5.15. The Hall–Kier alpha value is 0.230. The zero-order chi connectivity index (χ0) is 9.50. The van der Waals surface area contributed by atoms with Gasteiger partial charge in [-0.15, -0.1) is 0 Å². The summed E-state index contributed by atoms with van der Waals surface area (Å²) in [4.78, 5) is 0. The maximum atomic E-state index is 12.1. The van der Waals surface area contributed by atoms with Gasteiger partial charge in [-0.25, -0.2) is 4.39 Å². The highest BCUT2D eigenvalue weighted by molar-refractivity contribution is 6.26. The first-order chi connectivity index (χ1) is 4.50. The molecule has 0 aromatic rings. The van der Waals surface area contributed by atoms with E-state index in [1.54, 1.807) is 0 Å². The van der Waals surface area contributed by atoms with Crippen LogP contribution in [0.5, 0.6) is 0 Å². The van der Waals surface area contributed by atoms with Crippen molar-refractivity contribution in [2.24, 2.45) is 0 Å². The van der Waals surface area contributed by atoms with Gasteiger partial charge in [-0.3, -0.25) is 0 Å². The van der Waals surface area contributed by atoms with Crippen molar-refractivity contribution in [2.75, 3.05) is 0 Å². The Bertz CT molecular complexity index is 128. The molecule has 0 fully saturated rings. The Morgan fingerprint density at radius 2 is 1.18 bits per heavy atom. The summed E-state index contributed by atoms with van der Waals surface area (Å²) in [5.74, 6) is -5.09. The van der Waals surface area contributed by atoms with Crippen LogP contribution in [-0.2, 0) is 0 Å². The molecule has 7 heteroatoms. The maximum Gasteiger partial charge on any atom is 0.388 e. The Morgan fingerprint density at radius 1 is 0.909 bits per heavy atom. The molecule has 0 saturated heterocycles. The fourth-order valence-electron chi connectivity index (χ4n) is 0.249. The first-order valence-corrected chi connectivity index (χ1v) is 3.08. The molecule has 0 amide bonds. The van der Waals surface area contributed by atoms with Crippen LogP contribution in [0.1, 0.15) is 6.92 Å². The minimum absolute atomic E-state index is 0.102. The van der Waals surface area contributed by atoms with E-state index < -0.39 is 16.4 Å². The van der Waals surface area contributed by atoms with Crippen LogP contribution in [0.4, 0.5) is 22.0 Å². The Kier molecular flexibility index (Phi) is 2.68. The molecule has 0 saturated carbocycles. The number of alkyl halides is 7. The molecular formula is C4H3Cl2F5. The number of halogens is 7. The standard InChI is InChI=1S/C4H3Cl2F5/c1-2(5,7)3(8,9)4(6,10)11/h1H3. The van der Waals surface area contributed by atoms with Gasteiger partial charge in [-0.1, -0.05) is 11.6 Å². The van der Waals surface area contributed by atoms with Crippen molar-refractivity contribution in [2.45, 2.75) is 23.4 Å². The monoisotopic (exact) mass is 216 g/mol. The first kappa shape index (κ1) is 11.2. The Labute approximate surface area is 69.3 Å². The molecule has 68 valence electrons. The molecule has 0 heterocycles. The predicted octanol–water partition coefficient (Wildman–Crippen LogP) is 3.38. The lowest BCUT2D eigenvalue weighted by atomic mass is 10.2. The molecule has 11 heavy (non-hydrogen) atoms. The molecule has 0 aliphatic heterocycles. The van der Waals surface area contributed by atoms with Crippen molar-refractivity contribution < 1.29 is 22.0 Å². The van der Waals surface area contributed by atoms with Gasteiger partial charge in [0.05, 0.1) is 0 Å². The minimum Gasteiger partial charge on any atom is -0.220 e. The number of hydrogen-bond donors (Lipinski definition) is 0. The Balaban J connectivity index is 4.75. The van der Waals surface area contributed by atoms with E-state index in [1.807, 2.05) is 0 Å². The summed E-state index contributed by atoms with van der Waals surface area (Å²) < 4.78 is 59.6. The molecule has 0 aromatic carbocycles. The fraction of sp³-hybridized carbons (Fsp3) is 1.00. The zero-order valence-corrected chi connectivity index (χ0v) is 6.66. The molecule has 1 unspecified atom stereocenters. The van der Waals surface area contributed by atoms with Crippen LogP contribution in [0.15, 0.2) is 0 Å². The summed E-state index contributed by atoms with van der Waals surface area (Å²) in [6.07, 6.45) is 0. The summed E-state index contributed by atoms with van der Waals surface area (Å²) in [7, 11) is 0. The van der Waals surface area contributed by atoms with Crippen LogP contribution in [-0.4, -0.2) is 16.4 Å². The van der Waals surface area contributed by atoms with Crippen LogP contribution >= 0.6 is 23.2 Å². The molecule has 0 radical (unpaired) electrons. The normalized spacial score (nSPS) is 19.6. The summed E-state index contributed by atoms with van der Waals surface area (Å²) in [5.41, 5.74) is 0. The lowest BCUT2D eigenvalue weighted by Crippen LogP contribution is -2.48. The van der Waals surface area contributed by atoms with E-state index in [4.69, 9.17) is 0 Å². The molecule has 0 N–H and O–H groups in total. The molecule has 0 spiro atoms. The van der Waals surface area contributed by atoms with Crippen molar-refractivity contribution >= 4 is 23.2 Å². The van der Waals surface area contributed by atoms with E-state index in [9.17, 15) is 22.0 Å². The van der Waals surface area contributed by atoms with Gasteiger partial charge in [0.1, 0.15) is 0 Å².